The number of aromatic nitrogens is 1. The summed E-state index contributed by atoms with van der Waals surface area (Å²) in [5.41, 5.74) is 3.13. The molecule has 0 aliphatic rings. The van der Waals surface area contributed by atoms with Crippen molar-refractivity contribution in [3.8, 4) is 11.5 Å². The molecule has 0 fully saturated rings. The van der Waals surface area contributed by atoms with Gasteiger partial charge in [-0.2, -0.15) is 0 Å². The number of rotatable bonds is 5. The highest BCUT2D eigenvalue weighted by molar-refractivity contribution is 6.05. The molecule has 7 heteroatoms. The Balaban J connectivity index is 1.44. The molecule has 5 rings (SSSR count). The number of fused-ring (bicyclic) bond motifs is 3. The summed E-state index contributed by atoms with van der Waals surface area (Å²) >= 11 is 0. The summed E-state index contributed by atoms with van der Waals surface area (Å²) in [6, 6.07) is 25.1. The molecule has 1 N–H and O–H groups in total. The molecule has 0 radical (unpaired) electrons. The zero-order chi connectivity index (χ0) is 22.8. The van der Waals surface area contributed by atoms with E-state index in [0.29, 0.717) is 28.3 Å². The molecule has 0 saturated carbocycles. The van der Waals surface area contributed by atoms with E-state index in [1.165, 1.54) is 24.3 Å². The number of hydrogen-bond donors (Lipinski definition) is 1. The molecule has 1 amide bonds. The topological polar surface area (TPSA) is 98.3 Å². The highest BCUT2D eigenvalue weighted by Gasteiger charge is 2.15. The van der Waals surface area contributed by atoms with Crippen LogP contribution >= 0.6 is 0 Å². The van der Waals surface area contributed by atoms with Crippen LogP contribution in [0.5, 0.6) is 0 Å². The second-order valence-electron chi connectivity index (χ2n) is 7.37. The number of nitro benzene ring substituents is 1. The zero-order valence-corrected chi connectivity index (χ0v) is 17.3. The Kier molecular flexibility index (Phi) is 5.12. The van der Waals surface area contributed by atoms with E-state index in [-0.39, 0.29) is 11.6 Å². The number of carbonyl (C=O) groups is 1. The van der Waals surface area contributed by atoms with Crippen molar-refractivity contribution in [3.05, 3.63) is 107 Å². The molecule has 160 valence electrons. The maximum Gasteiger partial charge on any atom is 0.270 e. The van der Waals surface area contributed by atoms with Gasteiger partial charge >= 0.3 is 0 Å². The van der Waals surface area contributed by atoms with Crippen molar-refractivity contribution in [2.45, 2.75) is 0 Å². The normalized spacial score (nSPS) is 11.3. The van der Waals surface area contributed by atoms with Gasteiger partial charge in [-0.3, -0.25) is 14.9 Å². The van der Waals surface area contributed by atoms with Gasteiger partial charge in [0, 0.05) is 23.6 Å². The average molecular weight is 435 g/mol. The smallest absolute Gasteiger partial charge is 0.270 e. The fourth-order valence-electron chi connectivity index (χ4n) is 3.64. The maximum atomic E-state index is 12.6. The number of nitrogens with zero attached hydrogens (tertiary/aromatic N) is 2. The lowest BCUT2D eigenvalue weighted by Gasteiger charge is -2.06. The van der Waals surface area contributed by atoms with Crippen LogP contribution in [0.15, 0.2) is 95.4 Å². The second-order valence-corrected chi connectivity index (χ2v) is 7.37. The monoisotopic (exact) mass is 435 g/mol. The average Bonchev–Trinajstić information content (AvgIpc) is 3.28. The minimum absolute atomic E-state index is 0.0358. The largest absolute Gasteiger partial charge is 0.435 e. The fraction of sp³-hybridized carbons (Fsp3) is 0. The van der Waals surface area contributed by atoms with Crippen molar-refractivity contribution < 1.29 is 14.1 Å². The highest BCUT2D eigenvalue weighted by Crippen LogP contribution is 2.33. The van der Waals surface area contributed by atoms with E-state index in [0.717, 1.165) is 16.3 Å². The molecule has 0 spiro atoms. The van der Waals surface area contributed by atoms with Crippen LogP contribution in [0.1, 0.15) is 5.56 Å². The van der Waals surface area contributed by atoms with Gasteiger partial charge in [-0.25, -0.2) is 4.98 Å². The molecule has 1 heterocycles. The highest BCUT2D eigenvalue weighted by atomic mass is 16.6. The summed E-state index contributed by atoms with van der Waals surface area (Å²) < 4.78 is 6.11. The molecule has 0 saturated heterocycles. The molecule has 0 bridgehead atoms. The number of benzene rings is 4. The third kappa shape index (κ3) is 4.07. The summed E-state index contributed by atoms with van der Waals surface area (Å²) in [7, 11) is 0. The molecule has 33 heavy (non-hydrogen) atoms. The van der Waals surface area contributed by atoms with Crippen LogP contribution in [0.4, 0.5) is 11.4 Å². The molecular weight excluding hydrogens is 418 g/mol. The Labute approximate surface area is 188 Å². The lowest BCUT2D eigenvalue weighted by atomic mass is 10.1. The minimum Gasteiger partial charge on any atom is -0.435 e. The Morgan fingerprint density at radius 1 is 0.970 bits per heavy atom. The molecule has 7 nitrogen and oxygen atoms in total. The Morgan fingerprint density at radius 2 is 1.79 bits per heavy atom. The number of carbonyl (C=O) groups excluding carboxylic acids is 1. The van der Waals surface area contributed by atoms with E-state index in [4.69, 9.17) is 4.42 Å². The van der Waals surface area contributed by atoms with Crippen LogP contribution in [-0.2, 0) is 4.79 Å². The summed E-state index contributed by atoms with van der Waals surface area (Å²) in [6.45, 7) is 0. The first-order valence-corrected chi connectivity index (χ1v) is 10.2. The Hall–Kier alpha value is -4.78. The van der Waals surface area contributed by atoms with Crippen LogP contribution in [-0.4, -0.2) is 15.8 Å². The van der Waals surface area contributed by atoms with Gasteiger partial charge in [-0.1, -0.05) is 54.6 Å². The predicted octanol–water partition coefficient (Wildman–Crippen LogP) is 6.21. The first-order valence-electron chi connectivity index (χ1n) is 10.2. The van der Waals surface area contributed by atoms with Crippen LogP contribution in [0.3, 0.4) is 0 Å². The van der Waals surface area contributed by atoms with Crippen molar-refractivity contribution in [1.29, 1.82) is 0 Å². The van der Waals surface area contributed by atoms with Crippen LogP contribution in [0, 0.1) is 10.1 Å². The third-order valence-electron chi connectivity index (χ3n) is 5.20. The third-order valence-corrected chi connectivity index (χ3v) is 5.20. The van der Waals surface area contributed by atoms with Gasteiger partial charge < -0.3 is 9.73 Å². The van der Waals surface area contributed by atoms with Crippen molar-refractivity contribution in [1.82, 2.24) is 4.98 Å². The Morgan fingerprint density at radius 3 is 2.67 bits per heavy atom. The quantitative estimate of drug-likeness (QED) is 0.201. The summed E-state index contributed by atoms with van der Waals surface area (Å²) in [6.07, 6.45) is 2.85. The molecular formula is C26H17N3O4. The molecule has 0 aliphatic heterocycles. The van der Waals surface area contributed by atoms with E-state index in [1.54, 1.807) is 24.3 Å². The molecule has 5 aromatic rings. The van der Waals surface area contributed by atoms with Crippen LogP contribution < -0.4 is 5.32 Å². The van der Waals surface area contributed by atoms with E-state index in [2.05, 4.69) is 10.3 Å². The number of amides is 1. The Bertz CT molecular complexity index is 1550. The summed E-state index contributed by atoms with van der Waals surface area (Å²) in [5, 5.41) is 15.8. The van der Waals surface area contributed by atoms with E-state index < -0.39 is 4.92 Å². The van der Waals surface area contributed by atoms with Crippen molar-refractivity contribution in [2.24, 2.45) is 0 Å². The van der Waals surface area contributed by atoms with Crippen molar-refractivity contribution >= 4 is 45.2 Å². The predicted molar refractivity (Wildman–Crippen MR) is 128 cm³/mol. The number of nitro groups is 1. The summed E-state index contributed by atoms with van der Waals surface area (Å²) in [5.74, 6) is 0.0235. The number of nitrogens with one attached hydrogen (secondary N) is 1. The number of hydrogen-bond acceptors (Lipinski definition) is 5. The summed E-state index contributed by atoms with van der Waals surface area (Å²) in [4.78, 5) is 27.6. The van der Waals surface area contributed by atoms with Crippen molar-refractivity contribution in [2.75, 3.05) is 5.32 Å². The van der Waals surface area contributed by atoms with Gasteiger partial charge in [-0.15, -0.1) is 0 Å². The standard InChI is InChI=1S/C26H17N3O4/c30-24(15-12-17-6-5-8-19(16-17)29(31)32)27-22-11-4-3-10-21(22)26-28-23-14-13-18-7-1-2-9-20(18)25(23)33-26/h1-16H,(H,27,30). The second kappa shape index (κ2) is 8.39. The van der Waals surface area contributed by atoms with Gasteiger partial charge in [0.15, 0.2) is 5.58 Å². The number of anilines is 1. The van der Waals surface area contributed by atoms with Gasteiger partial charge in [0.2, 0.25) is 11.8 Å². The first kappa shape index (κ1) is 20.1. The fourth-order valence-corrected chi connectivity index (χ4v) is 3.64. The molecule has 0 atom stereocenters. The SMILES string of the molecule is O=C(C=Cc1cccc([N+](=O)[O-])c1)Nc1ccccc1-c1nc2ccc3ccccc3c2o1. The number of non-ortho nitro benzene ring substituents is 1. The van der Waals surface area contributed by atoms with Crippen LogP contribution in [0.2, 0.25) is 0 Å². The zero-order valence-electron chi connectivity index (χ0n) is 17.3. The lowest BCUT2D eigenvalue weighted by Crippen LogP contribution is -2.08. The maximum absolute atomic E-state index is 12.6. The number of para-hydroxylation sites is 1. The molecule has 0 unspecified atom stereocenters. The van der Waals surface area contributed by atoms with Gasteiger partial charge in [-0.05, 0) is 35.2 Å². The minimum atomic E-state index is -0.475. The number of oxazole rings is 1. The van der Waals surface area contributed by atoms with E-state index in [1.807, 2.05) is 48.5 Å². The van der Waals surface area contributed by atoms with Crippen LogP contribution in [0.25, 0.3) is 39.4 Å². The molecule has 1 aromatic heterocycles. The lowest BCUT2D eigenvalue weighted by molar-refractivity contribution is -0.384. The van der Waals surface area contributed by atoms with Gasteiger partial charge in [0.1, 0.15) is 5.52 Å². The van der Waals surface area contributed by atoms with Crippen molar-refractivity contribution in [3.63, 3.8) is 0 Å². The van der Waals surface area contributed by atoms with E-state index >= 15 is 0 Å². The van der Waals surface area contributed by atoms with Gasteiger partial charge in [0.25, 0.3) is 5.69 Å². The first-order chi connectivity index (χ1) is 16.1. The molecule has 0 aliphatic carbocycles. The van der Waals surface area contributed by atoms with Gasteiger partial charge in [0.05, 0.1) is 16.2 Å². The van der Waals surface area contributed by atoms with E-state index in [9.17, 15) is 14.9 Å². The molecule has 4 aromatic carbocycles.